The number of rotatable bonds is 6. The zero-order valence-electron chi connectivity index (χ0n) is 16.6. The van der Waals surface area contributed by atoms with E-state index in [-0.39, 0.29) is 11.9 Å². The van der Waals surface area contributed by atoms with Crippen LogP contribution in [0.25, 0.3) is 22.7 Å². The Morgan fingerprint density at radius 1 is 1.33 bits per heavy atom. The lowest BCUT2D eigenvalue weighted by Crippen LogP contribution is -2.36. The SMILES string of the molecule is Cc1cc(-c2ccn(C[C@H](C)NC(=O)c3cc(-c4ccco4)[nH]n3)n2)ccc1C#N. The molecule has 0 radical (unpaired) electrons. The molecular weight excluding hydrogens is 380 g/mol. The van der Waals surface area contributed by atoms with Gasteiger partial charge in [0.05, 0.1) is 30.1 Å². The molecule has 150 valence electrons. The van der Waals surface area contributed by atoms with Crippen molar-refractivity contribution >= 4 is 5.91 Å². The van der Waals surface area contributed by atoms with E-state index in [0.717, 1.165) is 16.8 Å². The summed E-state index contributed by atoms with van der Waals surface area (Å²) in [6, 6.07) is 14.8. The third kappa shape index (κ3) is 4.00. The van der Waals surface area contributed by atoms with E-state index >= 15 is 0 Å². The lowest BCUT2D eigenvalue weighted by molar-refractivity contribution is 0.0931. The number of benzene rings is 1. The molecule has 1 amide bonds. The van der Waals surface area contributed by atoms with Crippen LogP contribution in [0.15, 0.2) is 59.3 Å². The van der Waals surface area contributed by atoms with E-state index in [1.807, 2.05) is 38.2 Å². The number of aryl methyl sites for hydroxylation is 1. The van der Waals surface area contributed by atoms with Crippen LogP contribution in [-0.4, -0.2) is 31.9 Å². The first kappa shape index (κ1) is 19.2. The van der Waals surface area contributed by atoms with Gasteiger partial charge in [-0.05, 0) is 49.7 Å². The maximum atomic E-state index is 12.5. The van der Waals surface area contributed by atoms with Gasteiger partial charge in [-0.3, -0.25) is 14.6 Å². The Bertz CT molecular complexity index is 1210. The summed E-state index contributed by atoms with van der Waals surface area (Å²) in [6.07, 6.45) is 3.44. The van der Waals surface area contributed by atoms with Gasteiger partial charge in [-0.2, -0.15) is 15.5 Å². The highest BCUT2D eigenvalue weighted by atomic mass is 16.3. The number of furan rings is 1. The minimum Gasteiger partial charge on any atom is -0.463 e. The molecule has 1 aromatic carbocycles. The summed E-state index contributed by atoms with van der Waals surface area (Å²) >= 11 is 0. The molecule has 8 heteroatoms. The number of hydrogen-bond donors (Lipinski definition) is 2. The highest BCUT2D eigenvalue weighted by Gasteiger charge is 2.16. The molecule has 0 spiro atoms. The summed E-state index contributed by atoms with van der Waals surface area (Å²) in [4.78, 5) is 12.5. The lowest BCUT2D eigenvalue weighted by atomic mass is 10.0. The maximum absolute atomic E-state index is 12.5. The number of nitriles is 1. The fourth-order valence-electron chi connectivity index (χ4n) is 3.19. The normalized spacial score (nSPS) is 11.8. The van der Waals surface area contributed by atoms with Crippen molar-refractivity contribution in [2.24, 2.45) is 0 Å². The lowest BCUT2D eigenvalue weighted by Gasteiger charge is -2.13. The molecular formula is C22H20N6O2. The Morgan fingerprint density at radius 3 is 2.93 bits per heavy atom. The molecule has 0 unspecified atom stereocenters. The molecule has 0 bridgehead atoms. The van der Waals surface area contributed by atoms with Gasteiger partial charge in [0.15, 0.2) is 11.5 Å². The van der Waals surface area contributed by atoms with Crippen molar-refractivity contribution in [1.82, 2.24) is 25.3 Å². The Morgan fingerprint density at radius 2 is 2.20 bits per heavy atom. The Kier molecular flexibility index (Phi) is 5.18. The topological polar surface area (TPSA) is 113 Å². The zero-order valence-corrected chi connectivity index (χ0v) is 16.6. The first-order chi connectivity index (χ1) is 14.5. The Labute approximate surface area is 173 Å². The number of carbonyl (C=O) groups excluding carboxylic acids is 1. The molecule has 0 aliphatic carbocycles. The average Bonchev–Trinajstić information content (AvgIpc) is 3.48. The van der Waals surface area contributed by atoms with Gasteiger partial charge < -0.3 is 9.73 Å². The van der Waals surface area contributed by atoms with Crippen molar-refractivity contribution in [3.63, 3.8) is 0 Å². The van der Waals surface area contributed by atoms with Crippen LogP contribution in [-0.2, 0) is 6.54 Å². The number of aromatic amines is 1. The highest BCUT2D eigenvalue weighted by Crippen LogP contribution is 2.21. The summed E-state index contributed by atoms with van der Waals surface area (Å²) in [5, 5.41) is 23.4. The van der Waals surface area contributed by atoms with E-state index in [4.69, 9.17) is 9.68 Å². The van der Waals surface area contributed by atoms with Crippen molar-refractivity contribution in [1.29, 1.82) is 5.26 Å². The zero-order chi connectivity index (χ0) is 21.1. The second-order valence-corrected chi connectivity index (χ2v) is 7.08. The third-order valence-electron chi connectivity index (χ3n) is 4.72. The molecule has 0 aliphatic rings. The van der Waals surface area contributed by atoms with Crippen LogP contribution in [0.3, 0.4) is 0 Å². The summed E-state index contributed by atoms with van der Waals surface area (Å²) < 4.78 is 7.09. The van der Waals surface area contributed by atoms with Gasteiger partial charge in [0, 0.05) is 23.9 Å². The number of hydrogen-bond acceptors (Lipinski definition) is 5. The first-order valence-electron chi connectivity index (χ1n) is 9.48. The van der Waals surface area contributed by atoms with E-state index in [1.165, 1.54) is 0 Å². The average molecular weight is 400 g/mol. The number of aromatic nitrogens is 4. The summed E-state index contributed by atoms with van der Waals surface area (Å²) in [6.45, 7) is 4.32. The second kappa shape index (κ2) is 8.09. The maximum Gasteiger partial charge on any atom is 0.272 e. The molecule has 4 aromatic rings. The highest BCUT2D eigenvalue weighted by molar-refractivity contribution is 5.93. The predicted molar refractivity (Wildman–Crippen MR) is 110 cm³/mol. The summed E-state index contributed by atoms with van der Waals surface area (Å²) in [5.74, 6) is 0.350. The van der Waals surface area contributed by atoms with E-state index in [0.29, 0.717) is 29.3 Å². The van der Waals surface area contributed by atoms with Gasteiger partial charge in [0.1, 0.15) is 5.69 Å². The van der Waals surface area contributed by atoms with E-state index in [2.05, 4.69) is 26.7 Å². The molecule has 8 nitrogen and oxygen atoms in total. The number of nitrogens with zero attached hydrogens (tertiary/aromatic N) is 4. The molecule has 3 heterocycles. The van der Waals surface area contributed by atoms with Gasteiger partial charge in [-0.1, -0.05) is 6.07 Å². The number of amides is 1. The molecule has 0 saturated carbocycles. The van der Waals surface area contributed by atoms with Gasteiger partial charge in [0.25, 0.3) is 5.91 Å². The van der Waals surface area contributed by atoms with Crippen LogP contribution >= 0.6 is 0 Å². The van der Waals surface area contributed by atoms with Crippen LogP contribution < -0.4 is 5.32 Å². The van der Waals surface area contributed by atoms with Crippen molar-refractivity contribution in [2.75, 3.05) is 0 Å². The molecule has 1 atom stereocenters. The largest absolute Gasteiger partial charge is 0.463 e. The summed E-state index contributed by atoms with van der Waals surface area (Å²) in [7, 11) is 0. The Hall–Kier alpha value is -4.12. The fourth-order valence-corrected chi connectivity index (χ4v) is 3.19. The van der Waals surface area contributed by atoms with Crippen molar-refractivity contribution < 1.29 is 9.21 Å². The predicted octanol–water partition coefficient (Wildman–Crippen LogP) is 3.53. The quantitative estimate of drug-likeness (QED) is 0.514. The van der Waals surface area contributed by atoms with Gasteiger partial charge in [-0.15, -0.1) is 0 Å². The molecule has 30 heavy (non-hydrogen) atoms. The Balaban J connectivity index is 1.39. The van der Waals surface area contributed by atoms with Crippen LogP contribution in [0.2, 0.25) is 0 Å². The van der Waals surface area contributed by atoms with Gasteiger partial charge in [0.2, 0.25) is 0 Å². The van der Waals surface area contributed by atoms with Crippen molar-refractivity contribution in [3.05, 3.63) is 71.7 Å². The number of nitrogens with one attached hydrogen (secondary N) is 2. The van der Waals surface area contributed by atoms with Gasteiger partial charge in [-0.25, -0.2) is 0 Å². The number of carbonyl (C=O) groups is 1. The summed E-state index contributed by atoms with van der Waals surface area (Å²) in [5.41, 5.74) is 4.27. The number of H-pyrrole nitrogens is 1. The fraction of sp³-hybridized carbons (Fsp3) is 0.182. The second-order valence-electron chi connectivity index (χ2n) is 7.08. The molecule has 3 aromatic heterocycles. The van der Waals surface area contributed by atoms with Crippen molar-refractivity contribution in [3.8, 4) is 28.8 Å². The first-order valence-corrected chi connectivity index (χ1v) is 9.48. The van der Waals surface area contributed by atoms with E-state index in [9.17, 15) is 4.79 Å². The molecule has 0 aliphatic heterocycles. The van der Waals surface area contributed by atoms with Crippen LogP contribution in [0.1, 0.15) is 28.5 Å². The molecule has 0 fully saturated rings. The van der Waals surface area contributed by atoms with Gasteiger partial charge >= 0.3 is 0 Å². The molecule has 0 saturated heterocycles. The van der Waals surface area contributed by atoms with Crippen LogP contribution in [0.4, 0.5) is 0 Å². The van der Waals surface area contributed by atoms with Crippen LogP contribution in [0.5, 0.6) is 0 Å². The minimum atomic E-state index is -0.272. The molecule has 2 N–H and O–H groups in total. The molecule has 4 rings (SSSR count). The minimum absolute atomic E-state index is 0.156. The van der Waals surface area contributed by atoms with Crippen LogP contribution in [0, 0.1) is 18.3 Å². The van der Waals surface area contributed by atoms with Crippen molar-refractivity contribution in [2.45, 2.75) is 26.4 Å². The van der Waals surface area contributed by atoms with E-state index in [1.54, 1.807) is 35.2 Å². The monoisotopic (exact) mass is 400 g/mol. The smallest absolute Gasteiger partial charge is 0.272 e. The van der Waals surface area contributed by atoms with E-state index < -0.39 is 0 Å². The standard InChI is InChI=1S/C22H20N6O2/c1-14-10-16(5-6-17(14)12-23)18-7-8-28(27-18)13-15(2)24-22(29)20-11-19(25-26-20)21-4-3-9-30-21/h3-11,15H,13H2,1-2H3,(H,24,29)(H,25,26)/t15-/m0/s1. The third-order valence-corrected chi connectivity index (χ3v) is 4.72.